The van der Waals surface area contributed by atoms with E-state index in [0.29, 0.717) is 31.2 Å². The average molecular weight is 342 g/mol. The van der Waals surface area contributed by atoms with Crippen molar-refractivity contribution in [1.29, 1.82) is 0 Å². The SMILES string of the molecule is CCNC(=NCc1ccccc1[N+](=O)[O-])NCCOc1ccccc1. The summed E-state index contributed by atoms with van der Waals surface area (Å²) in [5, 5.41) is 17.3. The van der Waals surface area contributed by atoms with Crippen LogP contribution in [0.4, 0.5) is 5.69 Å². The lowest BCUT2D eigenvalue weighted by Crippen LogP contribution is -2.39. The maximum Gasteiger partial charge on any atom is 0.274 e. The van der Waals surface area contributed by atoms with Crippen LogP contribution in [0.5, 0.6) is 5.75 Å². The number of hydrogen-bond acceptors (Lipinski definition) is 4. The molecule has 132 valence electrons. The Bertz CT molecular complexity index is 704. The van der Waals surface area contributed by atoms with E-state index in [9.17, 15) is 10.1 Å². The van der Waals surface area contributed by atoms with E-state index in [-0.39, 0.29) is 17.2 Å². The number of hydrogen-bond donors (Lipinski definition) is 2. The zero-order valence-electron chi connectivity index (χ0n) is 14.1. The van der Waals surface area contributed by atoms with Gasteiger partial charge in [-0.25, -0.2) is 4.99 Å². The fourth-order valence-electron chi connectivity index (χ4n) is 2.18. The van der Waals surface area contributed by atoms with Gasteiger partial charge in [0.05, 0.1) is 23.6 Å². The number of ether oxygens (including phenoxy) is 1. The monoisotopic (exact) mass is 342 g/mol. The van der Waals surface area contributed by atoms with Crippen molar-refractivity contribution in [2.45, 2.75) is 13.5 Å². The summed E-state index contributed by atoms with van der Waals surface area (Å²) < 4.78 is 5.61. The van der Waals surface area contributed by atoms with Gasteiger partial charge in [-0.3, -0.25) is 10.1 Å². The third kappa shape index (κ3) is 6.14. The minimum Gasteiger partial charge on any atom is -0.492 e. The van der Waals surface area contributed by atoms with Crippen LogP contribution < -0.4 is 15.4 Å². The second-order valence-electron chi connectivity index (χ2n) is 5.17. The lowest BCUT2D eigenvalue weighted by atomic mass is 10.2. The smallest absolute Gasteiger partial charge is 0.274 e. The molecular formula is C18H22N4O3. The van der Waals surface area contributed by atoms with Crippen LogP contribution in [0.3, 0.4) is 0 Å². The summed E-state index contributed by atoms with van der Waals surface area (Å²) in [7, 11) is 0. The molecule has 2 aromatic carbocycles. The van der Waals surface area contributed by atoms with Gasteiger partial charge in [-0.05, 0) is 19.1 Å². The summed E-state index contributed by atoms with van der Waals surface area (Å²) in [6, 6.07) is 16.2. The van der Waals surface area contributed by atoms with Gasteiger partial charge in [0.25, 0.3) is 5.69 Å². The summed E-state index contributed by atoms with van der Waals surface area (Å²) in [5.41, 5.74) is 0.653. The third-order valence-electron chi connectivity index (χ3n) is 3.35. The van der Waals surface area contributed by atoms with Gasteiger partial charge in [-0.2, -0.15) is 0 Å². The first-order valence-electron chi connectivity index (χ1n) is 8.13. The number of aliphatic imine (C=N–C) groups is 1. The molecule has 0 saturated heterocycles. The molecule has 0 radical (unpaired) electrons. The van der Waals surface area contributed by atoms with Crippen LogP contribution in [0.1, 0.15) is 12.5 Å². The highest BCUT2D eigenvalue weighted by atomic mass is 16.6. The summed E-state index contributed by atoms with van der Waals surface area (Å²) in [6.45, 7) is 3.94. The number of nitrogens with one attached hydrogen (secondary N) is 2. The van der Waals surface area contributed by atoms with E-state index in [1.165, 1.54) is 6.07 Å². The number of nitro groups is 1. The molecule has 7 heteroatoms. The molecule has 0 spiro atoms. The summed E-state index contributed by atoms with van der Waals surface area (Å²) >= 11 is 0. The van der Waals surface area contributed by atoms with Gasteiger partial charge in [0, 0.05) is 12.6 Å². The third-order valence-corrected chi connectivity index (χ3v) is 3.35. The Kier molecular flexibility index (Phi) is 7.24. The molecular weight excluding hydrogens is 320 g/mol. The van der Waals surface area contributed by atoms with Gasteiger partial charge < -0.3 is 15.4 Å². The maximum atomic E-state index is 11.0. The van der Waals surface area contributed by atoms with Gasteiger partial charge in [0.2, 0.25) is 0 Å². The van der Waals surface area contributed by atoms with Gasteiger partial charge in [-0.15, -0.1) is 0 Å². The van der Waals surface area contributed by atoms with Crippen molar-refractivity contribution >= 4 is 11.6 Å². The van der Waals surface area contributed by atoms with Gasteiger partial charge in [0.1, 0.15) is 12.4 Å². The topological polar surface area (TPSA) is 88.8 Å². The summed E-state index contributed by atoms with van der Waals surface area (Å²) in [4.78, 5) is 15.1. The minimum atomic E-state index is -0.390. The van der Waals surface area contributed by atoms with Crippen LogP contribution in [0.2, 0.25) is 0 Å². The molecule has 2 aromatic rings. The molecule has 0 atom stereocenters. The number of nitro benzene ring substituents is 1. The number of rotatable bonds is 8. The summed E-state index contributed by atoms with van der Waals surface area (Å²) in [6.07, 6.45) is 0. The van der Waals surface area contributed by atoms with Crippen molar-refractivity contribution in [2.75, 3.05) is 19.7 Å². The molecule has 0 unspecified atom stereocenters. The fraction of sp³-hybridized carbons (Fsp3) is 0.278. The van der Waals surface area contributed by atoms with E-state index in [1.54, 1.807) is 18.2 Å². The molecule has 7 nitrogen and oxygen atoms in total. The van der Waals surface area contributed by atoms with Crippen molar-refractivity contribution in [3.05, 3.63) is 70.3 Å². The summed E-state index contributed by atoms with van der Waals surface area (Å²) in [5.74, 6) is 1.41. The van der Waals surface area contributed by atoms with Crippen LogP contribution in [-0.4, -0.2) is 30.6 Å². The molecule has 0 aliphatic carbocycles. The predicted molar refractivity (Wildman–Crippen MR) is 97.9 cm³/mol. The maximum absolute atomic E-state index is 11.0. The highest BCUT2D eigenvalue weighted by molar-refractivity contribution is 5.79. The second-order valence-corrected chi connectivity index (χ2v) is 5.17. The van der Waals surface area contributed by atoms with Gasteiger partial charge in [0.15, 0.2) is 5.96 Å². The first kappa shape index (κ1) is 18.3. The van der Waals surface area contributed by atoms with Crippen molar-refractivity contribution in [3.63, 3.8) is 0 Å². The molecule has 0 saturated carbocycles. The molecule has 25 heavy (non-hydrogen) atoms. The van der Waals surface area contributed by atoms with Gasteiger partial charge >= 0.3 is 0 Å². The van der Waals surface area contributed by atoms with Crippen molar-refractivity contribution in [2.24, 2.45) is 4.99 Å². The molecule has 0 fully saturated rings. The Hall–Kier alpha value is -3.09. The Morgan fingerprint density at radius 1 is 1.12 bits per heavy atom. The number of benzene rings is 2. The van der Waals surface area contributed by atoms with E-state index < -0.39 is 0 Å². The second kappa shape index (κ2) is 9.92. The molecule has 2 N–H and O–H groups in total. The van der Waals surface area contributed by atoms with E-state index in [1.807, 2.05) is 37.3 Å². The Balaban J connectivity index is 1.89. The van der Waals surface area contributed by atoms with Crippen LogP contribution >= 0.6 is 0 Å². The molecule has 2 rings (SSSR count). The Morgan fingerprint density at radius 3 is 2.56 bits per heavy atom. The van der Waals surface area contributed by atoms with Crippen LogP contribution in [0.15, 0.2) is 59.6 Å². The molecule has 0 amide bonds. The van der Waals surface area contributed by atoms with Crippen LogP contribution in [-0.2, 0) is 6.54 Å². The van der Waals surface area contributed by atoms with Crippen molar-refractivity contribution < 1.29 is 9.66 Å². The normalized spacial score (nSPS) is 11.0. The van der Waals surface area contributed by atoms with E-state index in [2.05, 4.69) is 15.6 Å². The highest BCUT2D eigenvalue weighted by Crippen LogP contribution is 2.18. The number of guanidine groups is 1. The van der Waals surface area contributed by atoms with Crippen LogP contribution in [0, 0.1) is 10.1 Å². The predicted octanol–water partition coefficient (Wildman–Crippen LogP) is 2.73. The van der Waals surface area contributed by atoms with Crippen LogP contribution in [0.25, 0.3) is 0 Å². The average Bonchev–Trinajstić information content (AvgIpc) is 2.64. The minimum absolute atomic E-state index is 0.0782. The van der Waals surface area contributed by atoms with E-state index in [4.69, 9.17) is 4.74 Å². The van der Waals surface area contributed by atoms with E-state index in [0.717, 1.165) is 5.75 Å². The largest absolute Gasteiger partial charge is 0.492 e. The molecule has 0 aromatic heterocycles. The van der Waals surface area contributed by atoms with Crippen molar-refractivity contribution in [3.8, 4) is 5.75 Å². The molecule has 0 bridgehead atoms. The fourth-order valence-corrected chi connectivity index (χ4v) is 2.18. The molecule has 0 aliphatic rings. The quantitative estimate of drug-likeness (QED) is 0.253. The first-order valence-corrected chi connectivity index (χ1v) is 8.13. The molecule has 0 aliphatic heterocycles. The first-order chi connectivity index (χ1) is 12.2. The Morgan fingerprint density at radius 2 is 1.84 bits per heavy atom. The van der Waals surface area contributed by atoms with E-state index >= 15 is 0 Å². The highest BCUT2D eigenvalue weighted by Gasteiger charge is 2.11. The van der Waals surface area contributed by atoms with Gasteiger partial charge in [-0.1, -0.05) is 36.4 Å². The van der Waals surface area contributed by atoms with Crippen molar-refractivity contribution in [1.82, 2.24) is 10.6 Å². The zero-order valence-corrected chi connectivity index (χ0v) is 14.1. The zero-order chi connectivity index (χ0) is 17.9. The number of nitrogens with zero attached hydrogens (tertiary/aromatic N) is 2. The number of para-hydroxylation sites is 2. The standard InChI is InChI=1S/C18H22N4O3/c1-2-19-18(20-12-13-25-16-9-4-3-5-10-16)21-14-15-8-6-7-11-17(15)22(23)24/h3-11H,2,12-14H2,1H3,(H2,19,20,21). The lowest BCUT2D eigenvalue weighted by molar-refractivity contribution is -0.385. The lowest BCUT2D eigenvalue weighted by Gasteiger charge is -2.12. The Labute approximate surface area is 146 Å². The molecule has 0 heterocycles.